The number of hydrogen-bond donors (Lipinski definition) is 2. The predicted molar refractivity (Wildman–Crippen MR) is 34.0 cm³/mol. The molecule has 5 heteroatoms. The van der Waals surface area contributed by atoms with Crippen LogP contribution in [0.15, 0.2) is 12.2 Å². The molecule has 60 valence electrons. The molecule has 0 spiro atoms. The molecule has 0 aliphatic heterocycles. The smallest absolute Gasteiger partial charge is 0.328 e. The number of carboxylic acid groups (broad SMARTS) is 2. The third-order valence-corrected chi connectivity index (χ3v) is 0.737. The molecule has 0 saturated carbocycles. The average Bonchev–Trinajstić information content (AvgIpc) is 1.82. The molecule has 0 saturated heterocycles. The van der Waals surface area contributed by atoms with Gasteiger partial charge in [-0.05, 0) is 6.08 Å². The van der Waals surface area contributed by atoms with Crippen LogP contribution in [0, 0.1) is 0 Å². The first-order valence-electron chi connectivity index (χ1n) is 2.68. The van der Waals surface area contributed by atoms with Gasteiger partial charge < -0.3 is 10.2 Å². The number of ketones is 1. The lowest BCUT2D eigenvalue weighted by Gasteiger charge is -1.85. The lowest BCUT2D eigenvalue weighted by molar-refractivity contribution is -0.139. The van der Waals surface area contributed by atoms with Crippen molar-refractivity contribution in [3.05, 3.63) is 12.2 Å². The zero-order valence-electron chi connectivity index (χ0n) is 5.48. The fraction of sp³-hybridized carbons (Fsp3) is 0.167. The maximum Gasteiger partial charge on any atom is 0.328 e. The van der Waals surface area contributed by atoms with Gasteiger partial charge in [-0.25, -0.2) is 4.79 Å². The van der Waals surface area contributed by atoms with E-state index >= 15 is 0 Å². The minimum Gasteiger partial charge on any atom is -0.481 e. The van der Waals surface area contributed by atoms with E-state index < -0.39 is 24.1 Å². The van der Waals surface area contributed by atoms with Crippen LogP contribution in [0.4, 0.5) is 0 Å². The Labute approximate surface area is 61.9 Å². The summed E-state index contributed by atoms with van der Waals surface area (Å²) >= 11 is 0. The Morgan fingerprint density at radius 2 is 1.64 bits per heavy atom. The summed E-state index contributed by atoms with van der Waals surface area (Å²) in [5, 5.41) is 16.1. The summed E-state index contributed by atoms with van der Waals surface area (Å²) in [6.07, 6.45) is 0.644. The number of carbonyl (C=O) groups excluding carboxylic acids is 1. The number of hydrogen-bond acceptors (Lipinski definition) is 3. The molecule has 0 radical (unpaired) electrons. The number of allylic oxidation sites excluding steroid dienone is 1. The Hall–Kier alpha value is -1.65. The highest BCUT2D eigenvalue weighted by Crippen LogP contribution is 1.85. The van der Waals surface area contributed by atoms with Crippen molar-refractivity contribution in [2.75, 3.05) is 0 Å². The van der Waals surface area contributed by atoms with Gasteiger partial charge >= 0.3 is 11.9 Å². The Kier molecular flexibility index (Phi) is 3.58. The van der Waals surface area contributed by atoms with E-state index in [2.05, 4.69) is 0 Å². The maximum atomic E-state index is 10.4. The Morgan fingerprint density at radius 3 is 2.00 bits per heavy atom. The molecular weight excluding hydrogens is 152 g/mol. The van der Waals surface area contributed by atoms with Gasteiger partial charge in [0, 0.05) is 6.08 Å². The second kappa shape index (κ2) is 4.21. The zero-order valence-corrected chi connectivity index (χ0v) is 5.48. The van der Waals surface area contributed by atoms with Gasteiger partial charge in [0.15, 0.2) is 5.78 Å². The number of carbonyl (C=O) groups is 3. The summed E-state index contributed by atoms with van der Waals surface area (Å²) in [7, 11) is 0. The van der Waals surface area contributed by atoms with Gasteiger partial charge in [0.05, 0.1) is 0 Å². The molecule has 0 fully saturated rings. The van der Waals surface area contributed by atoms with Crippen molar-refractivity contribution in [1.82, 2.24) is 0 Å². The van der Waals surface area contributed by atoms with Crippen molar-refractivity contribution in [3.8, 4) is 0 Å². The SMILES string of the molecule is O=C(O)/C=C\C(=O)CC(=O)O. The second-order valence-electron chi connectivity index (χ2n) is 1.71. The second-order valence-corrected chi connectivity index (χ2v) is 1.71. The van der Waals surface area contributed by atoms with Crippen LogP contribution in [-0.2, 0) is 14.4 Å². The van der Waals surface area contributed by atoms with E-state index in [1.54, 1.807) is 0 Å². The first-order valence-corrected chi connectivity index (χ1v) is 2.68. The molecule has 5 nitrogen and oxygen atoms in total. The maximum absolute atomic E-state index is 10.4. The topological polar surface area (TPSA) is 91.7 Å². The van der Waals surface area contributed by atoms with Gasteiger partial charge in [0.1, 0.15) is 6.42 Å². The predicted octanol–water partition coefficient (Wildman–Crippen LogP) is -0.329. The van der Waals surface area contributed by atoms with Crippen molar-refractivity contribution in [3.63, 3.8) is 0 Å². The molecule has 0 atom stereocenters. The van der Waals surface area contributed by atoms with E-state index in [1.807, 2.05) is 0 Å². The van der Waals surface area contributed by atoms with Gasteiger partial charge in [-0.2, -0.15) is 0 Å². The van der Waals surface area contributed by atoms with Crippen molar-refractivity contribution >= 4 is 17.7 Å². The molecule has 0 aromatic heterocycles. The van der Waals surface area contributed by atoms with E-state index in [1.165, 1.54) is 0 Å². The van der Waals surface area contributed by atoms with Crippen LogP contribution in [0.3, 0.4) is 0 Å². The van der Waals surface area contributed by atoms with Crippen molar-refractivity contribution in [1.29, 1.82) is 0 Å². The third kappa shape index (κ3) is 6.23. The van der Waals surface area contributed by atoms with E-state index in [0.29, 0.717) is 6.08 Å². The summed E-state index contributed by atoms with van der Waals surface area (Å²) in [6, 6.07) is 0. The molecule has 0 heterocycles. The minimum absolute atomic E-state index is 0.602. The normalized spacial score (nSPS) is 9.82. The Balaban J connectivity index is 3.88. The molecule has 0 aliphatic carbocycles. The minimum atomic E-state index is -1.27. The fourth-order valence-electron chi connectivity index (χ4n) is 0.372. The molecule has 0 amide bonds. The first kappa shape index (κ1) is 9.35. The van der Waals surface area contributed by atoms with Gasteiger partial charge in [0.25, 0.3) is 0 Å². The molecule has 0 aromatic carbocycles. The average molecular weight is 158 g/mol. The van der Waals surface area contributed by atoms with E-state index in [-0.39, 0.29) is 0 Å². The molecule has 0 unspecified atom stereocenters. The molecule has 2 N–H and O–H groups in total. The highest BCUT2D eigenvalue weighted by molar-refractivity contribution is 6.03. The van der Waals surface area contributed by atoms with E-state index in [9.17, 15) is 14.4 Å². The van der Waals surface area contributed by atoms with Crippen LogP contribution in [0.5, 0.6) is 0 Å². The van der Waals surface area contributed by atoms with Crippen LogP contribution >= 0.6 is 0 Å². The Bertz CT molecular complexity index is 215. The number of carboxylic acids is 2. The van der Waals surface area contributed by atoms with E-state index in [4.69, 9.17) is 10.2 Å². The summed E-state index contributed by atoms with van der Waals surface area (Å²) in [6.45, 7) is 0. The van der Waals surface area contributed by atoms with Crippen LogP contribution in [-0.4, -0.2) is 27.9 Å². The zero-order chi connectivity index (χ0) is 8.85. The molecule has 0 rings (SSSR count). The third-order valence-electron chi connectivity index (χ3n) is 0.737. The summed E-state index contributed by atoms with van der Waals surface area (Å²) in [4.78, 5) is 30.1. The highest BCUT2D eigenvalue weighted by Gasteiger charge is 2.03. The van der Waals surface area contributed by atoms with Crippen molar-refractivity contribution < 1.29 is 24.6 Å². The molecule has 0 bridgehead atoms. The Morgan fingerprint density at radius 1 is 1.09 bits per heavy atom. The standard InChI is InChI=1S/C6H6O5/c7-4(3-6(10)11)1-2-5(8)9/h1-2H,3H2,(H,8,9)(H,10,11)/b2-1-. The molecule has 11 heavy (non-hydrogen) atoms. The van der Waals surface area contributed by atoms with Crippen molar-refractivity contribution in [2.24, 2.45) is 0 Å². The summed E-state index contributed by atoms with van der Waals surface area (Å²) in [5.41, 5.74) is 0. The lowest BCUT2D eigenvalue weighted by atomic mass is 10.2. The van der Waals surface area contributed by atoms with Gasteiger partial charge in [-0.1, -0.05) is 0 Å². The molecule has 0 aliphatic rings. The van der Waals surface area contributed by atoms with Crippen LogP contribution in [0.2, 0.25) is 0 Å². The van der Waals surface area contributed by atoms with Crippen LogP contribution in [0.25, 0.3) is 0 Å². The monoisotopic (exact) mass is 158 g/mol. The van der Waals surface area contributed by atoms with Gasteiger partial charge in [-0.15, -0.1) is 0 Å². The van der Waals surface area contributed by atoms with Crippen LogP contribution in [0.1, 0.15) is 6.42 Å². The molecule has 0 aromatic rings. The van der Waals surface area contributed by atoms with Crippen LogP contribution < -0.4 is 0 Å². The lowest BCUT2D eigenvalue weighted by Crippen LogP contribution is -2.03. The van der Waals surface area contributed by atoms with Gasteiger partial charge in [0.2, 0.25) is 0 Å². The first-order chi connectivity index (χ1) is 5.02. The highest BCUT2D eigenvalue weighted by atomic mass is 16.4. The number of aliphatic carboxylic acids is 2. The summed E-state index contributed by atoms with van der Waals surface area (Å²) in [5.74, 6) is -3.28. The van der Waals surface area contributed by atoms with Gasteiger partial charge in [-0.3, -0.25) is 9.59 Å². The van der Waals surface area contributed by atoms with E-state index in [0.717, 1.165) is 6.08 Å². The fourth-order valence-corrected chi connectivity index (χ4v) is 0.372. The number of rotatable bonds is 4. The van der Waals surface area contributed by atoms with Crippen molar-refractivity contribution in [2.45, 2.75) is 6.42 Å². The molecular formula is C6H6O5. The summed E-state index contributed by atoms with van der Waals surface area (Å²) < 4.78 is 0. The quantitative estimate of drug-likeness (QED) is 0.431. The largest absolute Gasteiger partial charge is 0.481 e.